The first kappa shape index (κ1) is 23.2. The van der Waals surface area contributed by atoms with Crippen LogP contribution in [0, 0.1) is 5.92 Å². The van der Waals surface area contributed by atoms with Crippen LogP contribution < -0.4 is 0 Å². The lowest BCUT2D eigenvalue weighted by Gasteiger charge is -2.31. The Hall–Kier alpha value is -3.45. The fraction of sp³-hybridized carbons (Fsp3) is 0.320. The molecular formula is C25H28N2O5. The molecule has 0 radical (unpaired) electrons. The number of aromatic nitrogens is 1. The maximum absolute atomic E-state index is 9.55. The summed E-state index contributed by atoms with van der Waals surface area (Å²) < 4.78 is 5.41. The molecule has 1 aromatic heterocycles. The van der Waals surface area contributed by atoms with Crippen LogP contribution >= 0.6 is 0 Å². The molecule has 0 saturated carbocycles. The van der Waals surface area contributed by atoms with Crippen molar-refractivity contribution in [1.82, 2.24) is 10.1 Å². The van der Waals surface area contributed by atoms with E-state index < -0.39 is 11.9 Å². The van der Waals surface area contributed by atoms with E-state index in [1.807, 2.05) is 12.1 Å². The summed E-state index contributed by atoms with van der Waals surface area (Å²) in [6.07, 6.45) is 5.95. The van der Waals surface area contributed by atoms with Crippen LogP contribution in [0.3, 0.4) is 0 Å². The highest BCUT2D eigenvalue weighted by Crippen LogP contribution is 2.25. The third kappa shape index (κ3) is 7.35. The third-order valence-corrected chi connectivity index (χ3v) is 5.57. The number of carboxylic acid groups (broad SMARTS) is 2. The number of aryl methyl sites for hydroxylation is 1. The Morgan fingerprint density at radius 1 is 0.969 bits per heavy atom. The number of carbonyl (C=O) groups is 2. The molecule has 1 aliphatic rings. The van der Waals surface area contributed by atoms with Crippen LogP contribution in [0.25, 0.3) is 11.0 Å². The number of likely N-dealkylation sites (tertiary alicyclic amines) is 1. The number of rotatable bonds is 7. The number of para-hydroxylation sites is 1. The van der Waals surface area contributed by atoms with Gasteiger partial charge in [-0.15, -0.1) is 0 Å². The van der Waals surface area contributed by atoms with E-state index in [4.69, 9.17) is 14.7 Å². The van der Waals surface area contributed by atoms with Gasteiger partial charge in [-0.05, 0) is 62.4 Å². The van der Waals surface area contributed by atoms with Gasteiger partial charge < -0.3 is 14.7 Å². The minimum atomic E-state index is -1.26. The van der Waals surface area contributed by atoms with Crippen LogP contribution in [0.5, 0.6) is 0 Å². The van der Waals surface area contributed by atoms with Crippen molar-refractivity contribution in [3.8, 4) is 0 Å². The minimum absolute atomic E-state index is 0.558. The Balaban J connectivity index is 0.000000312. The molecule has 0 amide bonds. The molecule has 1 saturated heterocycles. The number of fused-ring (bicyclic) bond motifs is 1. The largest absolute Gasteiger partial charge is 0.478 e. The lowest BCUT2D eigenvalue weighted by atomic mass is 9.91. The fourth-order valence-corrected chi connectivity index (χ4v) is 3.88. The zero-order valence-electron chi connectivity index (χ0n) is 17.9. The Morgan fingerprint density at radius 2 is 1.59 bits per heavy atom. The summed E-state index contributed by atoms with van der Waals surface area (Å²) >= 11 is 0. The second-order valence-corrected chi connectivity index (χ2v) is 7.88. The molecule has 32 heavy (non-hydrogen) atoms. The van der Waals surface area contributed by atoms with Gasteiger partial charge in [0, 0.05) is 24.1 Å². The van der Waals surface area contributed by atoms with Gasteiger partial charge in [0.25, 0.3) is 0 Å². The summed E-state index contributed by atoms with van der Waals surface area (Å²) in [6.45, 7) is 3.50. The summed E-state index contributed by atoms with van der Waals surface area (Å²) in [4.78, 5) is 21.7. The van der Waals surface area contributed by atoms with Crippen molar-refractivity contribution in [3.63, 3.8) is 0 Å². The Morgan fingerprint density at radius 3 is 2.25 bits per heavy atom. The second-order valence-electron chi connectivity index (χ2n) is 7.88. The molecule has 2 N–H and O–H groups in total. The van der Waals surface area contributed by atoms with E-state index in [2.05, 4.69) is 52.5 Å². The monoisotopic (exact) mass is 436 g/mol. The quantitative estimate of drug-likeness (QED) is 0.530. The molecule has 1 aliphatic heterocycles. The van der Waals surface area contributed by atoms with Gasteiger partial charge in [0.15, 0.2) is 5.58 Å². The first-order chi connectivity index (χ1) is 15.5. The van der Waals surface area contributed by atoms with Gasteiger partial charge >= 0.3 is 11.9 Å². The van der Waals surface area contributed by atoms with Crippen molar-refractivity contribution in [2.24, 2.45) is 5.92 Å². The number of aliphatic carboxylic acids is 2. The molecular weight excluding hydrogens is 408 g/mol. The maximum atomic E-state index is 9.55. The van der Waals surface area contributed by atoms with Crippen LogP contribution in [0.1, 0.15) is 30.5 Å². The second kappa shape index (κ2) is 11.8. The van der Waals surface area contributed by atoms with Crippen molar-refractivity contribution in [2.75, 3.05) is 13.1 Å². The van der Waals surface area contributed by atoms with E-state index in [-0.39, 0.29) is 0 Å². The van der Waals surface area contributed by atoms with E-state index in [9.17, 15) is 9.59 Å². The zero-order valence-corrected chi connectivity index (χ0v) is 17.9. The van der Waals surface area contributed by atoms with Crippen LogP contribution in [-0.2, 0) is 22.6 Å². The van der Waals surface area contributed by atoms with Crippen molar-refractivity contribution < 1.29 is 24.3 Å². The number of hydrogen-bond donors (Lipinski definition) is 2. The highest BCUT2D eigenvalue weighted by Gasteiger charge is 2.20. The van der Waals surface area contributed by atoms with Gasteiger partial charge in [-0.3, -0.25) is 4.90 Å². The molecule has 7 heteroatoms. The van der Waals surface area contributed by atoms with Gasteiger partial charge in [-0.2, -0.15) is 0 Å². The normalized spacial score (nSPS) is 14.9. The van der Waals surface area contributed by atoms with Gasteiger partial charge in [-0.1, -0.05) is 47.6 Å². The number of hydrogen-bond acceptors (Lipinski definition) is 5. The molecule has 168 valence electrons. The van der Waals surface area contributed by atoms with Crippen LogP contribution in [0.4, 0.5) is 0 Å². The number of carboxylic acids is 2. The molecule has 3 aromatic rings. The molecule has 0 unspecified atom stereocenters. The van der Waals surface area contributed by atoms with Crippen LogP contribution in [0.2, 0.25) is 0 Å². The van der Waals surface area contributed by atoms with Crippen LogP contribution in [-0.4, -0.2) is 45.3 Å². The predicted molar refractivity (Wildman–Crippen MR) is 121 cm³/mol. The number of piperidine rings is 1. The summed E-state index contributed by atoms with van der Waals surface area (Å²) in [5.41, 5.74) is 3.45. The SMILES string of the molecule is O=C(O)/C=C/C(=O)O.c1ccc(CN2CCC(CCc3noc4ccccc34)CC2)cc1. The van der Waals surface area contributed by atoms with E-state index in [0.717, 1.165) is 30.2 Å². The number of nitrogens with zero attached hydrogens (tertiary/aromatic N) is 2. The first-order valence-electron chi connectivity index (χ1n) is 10.7. The van der Waals surface area contributed by atoms with Crippen LogP contribution in [0.15, 0.2) is 71.3 Å². The molecule has 1 fully saturated rings. The summed E-state index contributed by atoms with van der Waals surface area (Å²) in [7, 11) is 0. The first-order valence-corrected chi connectivity index (χ1v) is 10.7. The summed E-state index contributed by atoms with van der Waals surface area (Å²) in [5.74, 6) is -1.70. The standard InChI is InChI=1S/C21H24N2O.C4H4O4/c1-2-6-18(7-3-1)16-23-14-12-17(13-15-23)10-11-20-19-8-4-5-9-21(19)24-22-20;5-3(6)1-2-4(7)8/h1-9,17H,10-16H2;1-2H,(H,5,6)(H,7,8)/b;2-1+. The fourth-order valence-electron chi connectivity index (χ4n) is 3.88. The van der Waals surface area contributed by atoms with E-state index in [0.29, 0.717) is 12.2 Å². The molecule has 2 heterocycles. The molecule has 0 spiro atoms. The topological polar surface area (TPSA) is 104 Å². The maximum Gasteiger partial charge on any atom is 0.328 e. The van der Waals surface area contributed by atoms with Gasteiger partial charge in [0.2, 0.25) is 0 Å². The molecule has 2 aromatic carbocycles. The molecule has 0 bridgehead atoms. The lowest BCUT2D eigenvalue weighted by molar-refractivity contribution is -0.134. The Kier molecular flexibility index (Phi) is 8.57. The van der Waals surface area contributed by atoms with Gasteiger partial charge in [0.05, 0.1) is 5.69 Å². The zero-order chi connectivity index (χ0) is 22.8. The number of benzene rings is 2. The Bertz CT molecular complexity index is 1020. The smallest absolute Gasteiger partial charge is 0.328 e. The average Bonchev–Trinajstić information content (AvgIpc) is 3.22. The van der Waals surface area contributed by atoms with Crippen molar-refractivity contribution in [1.29, 1.82) is 0 Å². The minimum Gasteiger partial charge on any atom is -0.478 e. The summed E-state index contributed by atoms with van der Waals surface area (Å²) in [6, 6.07) is 19.0. The van der Waals surface area contributed by atoms with E-state index in [1.54, 1.807) is 0 Å². The van der Waals surface area contributed by atoms with E-state index in [1.165, 1.54) is 43.3 Å². The van der Waals surface area contributed by atoms with Crippen molar-refractivity contribution >= 4 is 22.9 Å². The van der Waals surface area contributed by atoms with Gasteiger partial charge in [-0.25, -0.2) is 9.59 Å². The lowest BCUT2D eigenvalue weighted by Crippen LogP contribution is -2.33. The van der Waals surface area contributed by atoms with Gasteiger partial charge in [0.1, 0.15) is 0 Å². The third-order valence-electron chi connectivity index (χ3n) is 5.57. The average molecular weight is 437 g/mol. The van der Waals surface area contributed by atoms with E-state index >= 15 is 0 Å². The predicted octanol–water partition coefficient (Wildman–Crippen LogP) is 4.38. The van der Waals surface area contributed by atoms with Crippen molar-refractivity contribution in [3.05, 3.63) is 78.0 Å². The van der Waals surface area contributed by atoms with Crippen molar-refractivity contribution in [2.45, 2.75) is 32.2 Å². The molecule has 4 rings (SSSR count). The molecule has 0 aliphatic carbocycles. The highest BCUT2D eigenvalue weighted by molar-refractivity contribution is 5.89. The highest BCUT2D eigenvalue weighted by atomic mass is 16.5. The summed E-state index contributed by atoms with van der Waals surface area (Å²) in [5, 5.41) is 21.1. The molecule has 0 atom stereocenters. The molecule has 7 nitrogen and oxygen atoms in total. The Labute approximate surface area is 186 Å².